The molecule has 0 radical (unpaired) electrons. The molecule has 2 rings (SSSR count). The molecule has 0 saturated carbocycles. The first-order chi connectivity index (χ1) is 8.16. The van der Waals surface area contributed by atoms with Gasteiger partial charge in [0.05, 0.1) is 6.54 Å². The lowest BCUT2D eigenvalue weighted by Gasteiger charge is -2.06. The lowest BCUT2D eigenvalue weighted by atomic mass is 10.2. The second kappa shape index (κ2) is 5.29. The van der Waals surface area contributed by atoms with E-state index in [0.29, 0.717) is 12.4 Å². The van der Waals surface area contributed by atoms with Gasteiger partial charge in [-0.05, 0) is 34.1 Å². The molecule has 2 aromatic rings. The molecular weight excluding hydrogens is 304 g/mol. The van der Waals surface area contributed by atoms with Crippen LogP contribution < -0.4 is 5.32 Å². The number of halogens is 1. The number of nitrogens with one attached hydrogen (secondary N) is 1. The zero-order valence-electron chi connectivity index (χ0n) is 8.68. The minimum atomic E-state index is -0.979. The summed E-state index contributed by atoms with van der Waals surface area (Å²) in [6, 6.07) is 5.12. The van der Waals surface area contributed by atoms with Gasteiger partial charge in [0.15, 0.2) is 0 Å². The van der Waals surface area contributed by atoms with Crippen LogP contribution in [-0.2, 0) is 6.54 Å². The number of carbonyl (C=O) groups is 1. The fourth-order valence-electron chi connectivity index (χ4n) is 1.34. The lowest BCUT2D eigenvalue weighted by Crippen LogP contribution is -2.07. The maximum Gasteiger partial charge on any atom is 0.339 e. The Morgan fingerprint density at radius 1 is 1.59 bits per heavy atom. The number of hydrogen-bond acceptors (Lipinski definition) is 4. The SMILES string of the molecule is O=C(O)c1cccnc1NCc1cc(Br)cs1. The summed E-state index contributed by atoms with van der Waals surface area (Å²) in [5.74, 6) is -0.586. The van der Waals surface area contributed by atoms with Gasteiger partial charge in [-0.2, -0.15) is 0 Å². The van der Waals surface area contributed by atoms with Crippen molar-refractivity contribution in [3.05, 3.63) is 44.7 Å². The third kappa shape index (κ3) is 3.04. The first-order valence-electron chi connectivity index (χ1n) is 4.82. The number of anilines is 1. The van der Waals surface area contributed by atoms with Gasteiger partial charge in [0.25, 0.3) is 0 Å². The van der Waals surface area contributed by atoms with Gasteiger partial charge in [0.2, 0.25) is 0 Å². The van der Waals surface area contributed by atoms with E-state index >= 15 is 0 Å². The van der Waals surface area contributed by atoms with E-state index in [4.69, 9.17) is 5.11 Å². The van der Waals surface area contributed by atoms with Crippen LogP contribution in [0.25, 0.3) is 0 Å². The molecule has 0 fully saturated rings. The lowest BCUT2D eigenvalue weighted by molar-refractivity contribution is 0.0697. The fraction of sp³-hybridized carbons (Fsp3) is 0.0909. The molecule has 0 aliphatic heterocycles. The van der Waals surface area contributed by atoms with Crippen molar-refractivity contribution in [2.75, 3.05) is 5.32 Å². The Morgan fingerprint density at radius 3 is 3.06 bits per heavy atom. The van der Waals surface area contributed by atoms with E-state index in [2.05, 4.69) is 26.2 Å². The van der Waals surface area contributed by atoms with Gasteiger partial charge in [-0.15, -0.1) is 11.3 Å². The number of hydrogen-bond donors (Lipinski definition) is 2. The summed E-state index contributed by atoms with van der Waals surface area (Å²) in [5, 5.41) is 14.0. The summed E-state index contributed by atoms with van der Waals surface area (Å²) in [5.41, 5.74) is 0.183. The van der Waals surface area contributed by atoms with Gasteiger partial charge >= 0.3 is 5.97 Å². The molecule has 2 N–H and O–H groups in total. The molecule has 6 heteroatoms. The molecule has 0 spiro atoms. The van der Waals surface area contributed by atoms with Gasteiger partial charge in [-0.3, -0.25) is 0 Å². The van der Waals surface area contributed by atoms with Crippen molar-refractivity contribution >= 4 is 39.1 Å². The van der Waals surface area contributed by atoms with Gasteiger partial charge < -0.3 is 10.4 Å². The Kier molecular flexibility index (Phi) is 3.75. The van der Waals surface area contributed by atoms with Crippen LogP contribution >= 0.6 is 27.3 Å². The number of aromatic nitrogens is 1. The third-order valence-electron chi connectivity index (χ3n) is 2.09. The van der Waals surface area contributed by atoms with Gasteiger partial charge in [0.1, 0.15) is 11.4 Å². The minimum absolute atomic E-state index is 0.183. The molecule has 0 amide bonds. The number of nitrogens with zero attached hydrogens (tertiary/aromatic N) is 1. The normalized spacial score (nSPS) is 10.2. The molecule has 17 heavy (non-hydrogen) atoms. The van der Waals surface area contributed by atoms with Crippen LogP contribution in [0.1, 0.15) is 15.2 Å². The maximum absolute atomic E-state index is 11.0. The van der Waals surface area contributed by atoms with E-state index in [-0.39, 0.29) is 5.56 Å². The quantitative estimate of drug-likeness (QED) is 0.910. The summed E-state index contributed by atoms with van der Waals surface area (Å²) >= 11 is 4.97. The topological polar surface area (TPSA) is 62.2 Å². The largest absolute Gasteiger partial charge is 0.478 e. The Bertz CT molecular complexity index is 542. The van der Waals surface area contributed by atoms with Gasteiger partial charge in [-0.25, -0.2) is 9.78 Å². The number of carboxylic acids is 1. The summed E-state index contributed by atoms with van der Waals surface area (Å²) in [7, 11) is 0. The van der Waals surface area contributed by atoms with Gasteiger partial charge in [-0.1, -0.05) is 0 Å². The second-order valence-corrected chi connectivity index (χ2v) is 5.20. The Labute approximate surface area is 110 Å². The Balaban J connectivity index is 2.11. The number of rotatable bonds is 4. The van der Waals surface area contributed by atoms with E-state index in [0.717, 1.165) is 9.35 Å². The minimum Gasteiger partial charge on any atom is -0.478 e. The molecule has 2 heterocycles. The van der Waals surface area contributed by atoms with Crippen LogP contribution in [0.5, 0.6) is 0 Å². The van der Waals surface area contributed by atoms with E-state index < -0.39 is 5.97 Å². The fourth-order valence-corrected chi connectivity index (χ4v) is 2.73. The molecule has 0 unspecified atom stereocenters. The smallest absolute Gasteiger partial charge is 0.339 e. The van der Waals surface area contributed by atoms with Crippen LogP contribution in [0, 0.1) is 0 Å². The first-order valence-corrected chi connectivity index (χ1v) is 6.49. The van der Waals surface area contributed by atoms with E-state index in [1.54, 1.807) is 23.6 Å². The van der Waals surface area contributed by atoms with E-state index in [1.165, 1.54) is 6.07 Å². The van der Waals surface area contributed by atoms with Crippen LogP contribution in [0.2, 0.25) is 0 Å². The predicted octanol–water partition coefficient (Wildman–Crippen LogP) is 3.22. The maximum atomic E-state index is 11.0. The molecule has 0 bridgehead atoms. The van der Waals surface area contributed by atoms with Crippen LogP contribution in [0.3, 0.4) is 0 Å². The number of pyridine rings is 1. The average Bonchev–Trinajstić information content (AvgIpc) is 2.73. The Morgan fingerprint density at radius 2 is 2.41 bits per heavy atom. The molecule has 0 atom stereocenters. The second-order valence-electron chi connectivity index (χ2n) is 3.29. The highest BCUT2D eigenvalue weighted by molar-refractivity contribution is 9.10. The van der Waals surface area contributed by atoms with E-state index in [1.807, 2.05) is 11.4 Å². The standard InChI is InChI=1S/C11H9BrN2O2S/c12-7-4-8(17-6-7)5-14-10-9(11(15)16)2-1-3-13-10/h1-4,6H,5H2,(H,13,14)(H,15,16). The van der Waals surface area contributed by atoms with Crippen LogP contribution in [0.15, 0.2) is 34.2 Å². The highest BCUT2D eigenvalue weighted by Gasteiger charge is 2.10. The van der Waals surface area contributed by atoms with Crippen molar-refractivity contribution in [1.29, 1.82) is 0 Å². The van der Waals surface area contributed by atoms with Crippen molar-refractivity contribution in [1.82, 2.24) is 4.98 Å². The van der Waals surface area contributed by atoms with Crippen molar-refractivity contribution in [3.8, 4) is 0 Å². The number of aromatic carboxylic acids is 1. The molecule has 0 aliphatic rings. The molecule has 4 nitrogen and oxygen atoms in total. The van der Waals surface area contributed by atoms with Crippen LogP contribution in [-0.4, -0.2) is 16.1 Å². The third-order valence-corrected chi connectivity index (χ3v) is 3.79. The monoisotopic (exact) mass is 312 g/mol. The molecular formula is C11H9BrN2O2S. The highest BCUT2D eigenvalue weighted by atomic mass is 79.9. The van der Waals surface area contributed by atoms with Crippen molar-refractivity contribution in [3.63, 3.8) is 0 Å². The highest BCUT2D eigenvalue weighted by Crippen LogP contribution is 2.21. The molecule has 2 aromatic heterocycles. The Hall–Kier alpha value is -1.40. The number of carboxylic acid groups (broad SMARTS) is 1. The summed E-state index contributed by atoms with van der Waals surface area (Å²) in [4.78, 5) is 16.1. The van der Waals surface area contributed by atoms with Crippen molar-refractivity contribution < 1.29 is 9.90 Å². The first kappa shape index (κ1) is 12.1. The average molecular weight is 313 g/mol. The predicted molar refractivity (Wildman–Crippen MR) is 70.5 cm³/mol. The molecule has 0 aliphatic carbocycles. The van der Waals surface area contributed by atoms with Gasteiger partial charge in [0, 0.05) is 20.9 Å². The summed E-state index contributed by atoms with van der Waals surface area (Å²) in [6.07, 6.45) is 1.57. The summed E-state index contributed by atoms with van der Waals surface area (Å²) in [6.45, 7) is 0.563. The molecule has 0 saturated heterocycles. The van der Waals surface area contributed by atoms with Crippen molar-refractivity contribution in [2.24, 2.45) is 0 Å². The van der Waals surface area contributed by atoms with E-state index in [9.17, 15) is 4.79 Å². The van der Waals surface area contributed by atoms with Crippen molar-refractivity contribution in [2.45, 2.75) is 6.54 Å². The summed E-state index contributed by atoms with van der Waals surface area (Å²) < 4.78 is 1.03. The number of thiophene rings is 1. The van der Waals surface area contributed by atoms with Crippen LogP contribution in [0.4, 0.5) is 5.82 Å². The molecule has 0 aromatic carbocycles. The zero-order valence-corrected chi connectivity index (χ0v) is 11.1. The molecule has 88 valence electrons. The zero-order chi connectivity index (χ0) is 12.3.